The number of likely N-dealkylation sites (tertiary alicyclic amines) is 1. The van der Waals surface area contributed by atoms with Crippen LogP contribution in [0.15, 0.2) is 29.0 Å². The van der Waals surface area contributed by atoms with Gasteiger partial charge in [-0.15, -0.1) is 0 Å². The van der Waals surface area contributed by atoms with Crippen molar-refractivity contribution in [3.8, 4) is 0 Å². The first-order valence-corrected chi connectivity index (χ1v) is 9.16. The Morgan fingerprint density at radius 2 is 2.20 bits per heavy atom. The topological polar surface area (TPSA) is 69.8 Å². The summed E-state index contributed by atoms with van der Waals surface area (Å²) < 4.78 is 5.49. The molecule has 0 bridgehead atoms. The van der Waals surface area contributed by atoms with E-state index < -0.39 is 5.97 Å². The van der Waals surface area contributed by atoms with Gasteiger partial charge >= 0.3 is 5.97 Å². The quantitative estimate of drug-likeness (QED) is 0.920. The van der Waals surface area contributed by atoms with Crippen LogP contribution in [0, 0.1) is 5.41 Å². The van der Waals surface area contributed by atoms with Crippen molar-refractivity contribution >= 4 is 22.8 Å². The number of nitrogens with zero attached hydrogens (tertiary/aromatic N) is 3. The fourth-order valence-corrected chi connectivity index (χ4v) is 4.60. The molecule has 2 aliphatic heterocycles. The second-order valence-electron chi connectivity index (χ2n) is 7.48. The number of anilines is 1. The Morgan fingerprint density at radius 1 is 1.40 bits per heavy atom. The first kappa shape index (κ1) is 16.4. The molecule has 0 saturated carbocycles. The standard InChI is InChI=1S/C19H25N3O3/c1-2-8-22-13-19(12-15(22)18(23)24)5-9-21(10-6-19)17-14-4-11-25-16(14)3-7-20-17/h3-4,7,11,15H,2,5-6,8-10,12-13H2,1H3,(H,23,24). The Kier molecular flexibility index (Phi) is 4.15. The van der Waals surface area contributed by atoms with Crippen molar-refractivity contribution in [2.75, 3.05) is 31.1 Å². The number of carboxylic acids is 1. The normalized spacial score (nSPS) is 23.6. The van der Waals surface area contributed by atoms with E-state index >= 15 is 0 Å². The van der Waals surface area contributed by atoms with Crippen LogP contribution in [0.5, 0.6) is 0 Å². The third-order valence-electron chi connectivity index (χ3n) is 5.88. The summed E-state index contributed by atoms with van der Waals surface area (Å²) >= 11 is 0. The van der Waals surface area contributed by atoms with E-state index in [2.05, 4.69) is 21.7 Å². The fourth-order valence-electron chi connectivity index (χ4n) is 4.60. The predicted octanol–water partition coefficient (Wildman–Crippen LogP) is 2.98. The maximum absolute atomic E-state index is 11.6. The molecule has 2 aliphatic rings. The maximum atomic E-state index is 11.6. The zero-order valence-electron chi connectivity index (χ0n) is 14.6. The summed E-state index contributed by atoms with van der Waals surface area (Å²) in [5, 5.41) is 10.6. The van der Waals surface area contributed by atoms with Crippen LogP contribution in [0.2, 0.25) is 0 Å². The fraction of sp³-hybridized carbons (Fsp3) is 0.579. The van der Waals surface area contributed by atoms with Crippen LogP contribution in [0.1, 0.15) is 32.6 Å². The number of hydrogen-bond donors (Lipinski definition) is 1. The summed E-state index contributed by atoms with van der Waals surface area (Å²) in [6, 6.07) is 3.55. The van der Waals surface area contributed by atoms with Gasteiger partial charge in [0.15, 0.2) is 0 Å². The number of carbonyl (C=O) groups is 1. The van der Waals surface area contributed by atoms with Crippen LogP contribution in [-0.2, 0) is 4.79 Å². The highest BCUT2D eigenvalue weighted by Gasteiger charge is 2.47. The average Bonchev–Trinajstić information content (AvgIpc) is 3.21. The van der Waals surface area contributed by atoms with E-state index in [0.29, 0.717) is 0 Å². The van der Waals surface area contributed by atoms with Crippen LogP contribution in [-0.4, -0.2) is 53.2 Å². The summed E-state index contributed by atoms with van der Waals surface area (Å²) in [5.74, 6) is 0.317. The Morgan fingerprint density at radius 3 is 2.92 bits per heavy atom. The first-order chi connectivity index (χ1) is 12.1. The van der Waals surface area contributed by atoms with E-state index in [1.807, 2.05) is 12.1 Å². The summed E-state index contributed by atoms with van der Waals surface area (Å²) in [5.41, 5.74) is 1.00. The van der Waals surface area contributed by atoms with Gasteiger partial charge in [0.1, 0.15) is 17.4 Å². The van der Waals surface area contributed by atoms with Gasteiger partial charge in [-0.1, -0.05) is 6.92 Å². The second kappa shape index (κ2) is 6.33. The first-order valence-electron chi connectivity index (χ1n) is 9.16. The number of fused-ring (bicyclic) bond motifs is 1. The van der Waals surface area contributed by atoms with Crippen molar-refractivity contribution in [2.45, 2.75) is 38.6 Å². The van der Waals surface area contributed by atoms with E-state index in [1.54, 1.807) is 12.5 Å². The predicted molar refractivity (Wildman–Crippen MR) is 95.8 cm³/mol. The number of piperidine rings is 1. The average molecular weight is 343 g/mol. The lowest BCUT2D eigenvalue weighted by atomic mass is 9.76. The summed E-state index contributed by atoms with van der Waals surface area (Å²) in [6.07, 6.45) is 7.32. The molecule has 1 atom stereocenters. The zero-order chi connectivity index (χ0) is 17.4. The molecule has 2 aromatic heterocycles. The van der Waals surface area contributed by atoms with Crippen molar-refractivity contribution in [1.82, 2.24) is 9.88 Å². The van der Waals surface area contributed by atoms with Gasteiger partial charge in [-0.2, -0.15) is 0 Å². The van der Waals surface area contributed by atoms with Gasteiger partial charge in [0.25, 0.3) is 0 Å². The van der Waals surface area contributed by atoms with E-state index in [0.717, 1.165) is 68.6 Å². The summed E-state index contributed by atoms with van der Waals surface area (Å²) in [7, 11) is 0. The molecule has 2 aromatic rings. The van der Waals surface area contributed by atoms with Gasteiger partial charge in [-0.25, -0.2) is 4.98 Å². The minimum absolute atomic E-state index is 0.138. The molecule has 4 rings (SSSR count). The number of furan rings is 1. The maximum Gasteiger partial charge on any atom is 0.320 e. The van der Waals surface area contributed by atoms with Crippen LogP contribution in [0.4, 0.5) is 5.82 Å². The minimum Gasteiger partial charge on any atom is -0.480 e. The lowest BCUT2D eigenvalue weighted by Gasteiger charge is -2.40. The number of rotatable bonds is 4. The zero-order valence-corrected chi connectivity index (χ0v) is 14.6. The highest BCUT2D eigenvalue weighted by molar-refractivity contribution is 5.88. The molecule has 6 nitrogen and oxygen atoms in total. The number of pyridine rings is 1. The number of aromatic nitrogens is 1. The SMILES string of the molecule is CCCN1CC2(CCN(c3nccc4occc34)CC2)CC1C(=O)O. The van der Waals surface area contributed by atoms with Gasteiger partial charge in [-0.3, -0.25) is 9.69 Å². The largest absolute Gasteiger partial charge is 0.480 e. The van der Waals surface area contributed by atoms with E-state index in [4.69, 9.17) is 4.42 Å². The van der Waals surface area contributed by atoms with Crippen LogP contribution >= 0.6 is 0 Å². The number of hydrogen-bond acceptors (Lipinski definition) is 5. The molecule has 0 aromatic carbocycles. The van der Waals surface area contributed by atoms with Crippen molar-refractivity contribution in [3.05, 3.63) is 24.6 Å². The van der Waals surface area contributed by atoms with Crippen molar-refractivity contribution < 1.29 is 14.3 Å². The summed E-state index contributed by atoms with van der Waals surface area (Å²) in [6.45, 7) is 5.74. The molecule has 6 heteroatoms. The molecule has 0 aliphatic carbocycles. The highest BCUT2D eigenvalue weighted by atomic mass is 16.4. The van der Waals surface area contributed by atoms with E-state index in [-0.39, 0.29) is 11.5 Å². The molecule has 2 fully saturated rings. The van der Waals surface area contributed by atoms with Gasteiger partial charge < -0.3 is 14.4 Å². The molecule has 1 unspecified atom stereocenters. The third kappa shape index (κ3) is 2.88. The van der Waals surface area contributed by atoms with Crippen molar-refractivity contribution in [1.29, 1.82) is 0 Å². The van der Waals surface area contributed by atoms with Crippen molar-refractivity contribution in [3.63, 3.8) is 0 Å². The molecular weight excluding hydrogens is 318 g/mol. The highest BCUT2D eigenvalue weighted by Crippen LogP contribution is 2.44. The molecule has 134 valence electrons. The van der Waals surface area contributed by atoms with Gasteiger partial charge in [0.05, 0.1) is 11.6 Å². The lowest BCUT2D eigenvalue weighted by molar-refractivity contribution is -0.142. The second-order valence-corrected chi connectivity index (χ2v) is 7.48. The van der Waals surface area contributed by atoms with Crippen LogP contribution < -0.4 is 4.90 Å². The molecule has 2 saturated heterocycles. The van der Waals surface area contributed by atoms with E-state index in [9.17, 15) is 9.90 Å². The van der Waals surface area contributed by atoms with Gasteiger partial charge in [-0.05, 0) is 49.8 Å². The molecule has 4 heterocycles. The van der Waals surface area contributed by atoms with Crippen molar-refractivity contribution in [2.24, 2.45) is 5.41 Å². The van der Waals surface area contributed by atoms with E-state index in [1.165, 1.54) is 0 Å². The lowest BCUT2D eigenvalue weighted by Crippen LogP contribution is -2.42. The van der Waals surface area contributed by atoms with Crippen LogP contribution in [0.25, 0.3) is 11.0 Å². The van der Waals surface area contributed by atoms with Gasteiger partial charge in [0, 0.05) is 25.8 Å². The Balaban J connectivity index is 1.50. The molecule has 25 heavy (non-hydrogen) atoms. The molecule has 0 amide bonds. The monoisotopic (exact) mass is 343 g/mol. The number of carboxylic acid groups (broad SMARTS) is 1. The molecular formula is C19H25N3O3. The number of aliphatic carboxylic acids is 1. The molecule has 0 radical (unpaired) electrons. The van der Waals surface area contributed by atoms with Crippen LogP contribution in [0.3, 0.4) is 0 Å². The van der Waals surface area contributed by atoms with Gasteiger partial charge in [0.2, 0.25) is 0 Å². The third-order valence-corrected chi connectivity index (χ3v) is 5.88. The Hall–Kier alpha value is -2.08. The summed E-state index contributed by atoms with van der Waals surface area (Å²) in [4.78, 5) is 20.7. The Labute approximate surface area is 147 Å². The minimum atomic E-state index is -0.669. The molecule has 1 spiro atoms. The molecule has 1 N–H and O–H groups in total. The smallest absolute Gasteiger partial charge is 0.320 e. The Bertz CT molecular complexity index is 764.